The van der Waals surface area contributed by atoms with E-state index in [1.165, 1.54) is 31.4 Å². The SMILES string of the molecule is CC(C)C1CCCC(N)(Cc2ccc(F)cc2)CC1. The van der Waals surface area contributed by atoms with E-state index in [2.05, 4.69) is 13.8 Å². The van der Waals surface area contributed by atoms with E-state index in [9.17, 15) is 4.39 Å². The zero-order valence-corrected chi connectivity index (χ0v) is 12.2. The molecule has 19 heavy (non-hydrogen) atoms. The molecule has 2 N–H and O–H groups in total. The molecule has 1 fully saturated rings. The third-order valence-electron chi connectivity index (χ3n) is 4.67. The third kappa shape index (κ3) is 4.04. The lowest BCUT2D eigenvalue weighted by Crippen LogP contribution is -2.41. The first-order valence-corrected chi connectivity index (χ1v) is 7.52. The molecule has 2 rings (SSSR count). The van der Waals surface area contributed by atoms with Crippen molar-refractivity contribution in [3.8, 4) is 0 Å². The normalized spacial score (nSPS) is 28.4. The standard InChI is InChI=1S/C17H26FN/c1-13(2)15-4-3-10-17(19,11-9-15)12-14-5-7-16(18)8-6-14/h5-8,13,15H,3-4,9-12,19H2,1-2H3. The van der Waals surface area contributed by atoms with Gasteiger partial charge in [-0.15, -0.1) is 0 Å². The van der Waals surface area contributed by atoms with Crippen LogP contribution in [0.1, 0.15) is 51.5 Å². The Hall–Kier alpha value is -0.890. The molecule has 0 aliphatic heterocycles. The molecule has 1 aliphatic carbocycles. The fraction of sp³-hybridized carbons (Fsp3) is 0.647. The highest BCUT2D eigenvalue weighted by molar-refractivity contribution is 5.19. The van der Waals surface area contributed by atoms with Crippen molar-refractivity contribution in [2.45, 2.75) is 57.9 Å². The molecular formula is C17H26FN. The lowest BCUT2D eigenvalue weighted by atomic mass is 9.83. The summed E-state index contributed by atoms with van der Waals surface area (Å²) in [6, 6.07) is 6.81. The van der Waals surface area contributed by atoms with Crippen LogP contribution >= 0.6 is 0 Å². The molecule has 0 saturated heterocycles. The van der Waals surface area contributed by atoms with Crippen LogP contribution in [0.2, 0.25) is 0 Å². The van der Waals surface area contributed by atoms with Crippen LogP contribution in [0.4, 0.5) is 4.39 Å². The van der Waals surface area contributed by atoms with Gasteiger partial charge in [-0.1, -0.05) is 38.8 Å². The maximum absolute atomic E-state index is 12.9. The second-order valence-corrected chi connectivity index (χ2v) is 6.60. The molecule has 1 saturated carbocycles. The van der Waals surface area contributed by atoms with Crippen LogP contribution in [0.5, 0.6) is 0 Å². The Morgan fingerprint density at radius 3 is 2.53 bits per heavy atom. The van der Waals surface area contributed by atoms with Crippen molar-refractivity contribution in [1.29, 1.82) is 0 Å². The van der Waals surface area contributed by atoms with Gasteiger partial charge in [-0.2, -0.15) is 0 Å². The Bertz CT molecular complexity index is 398. The summed E-state index contributed by atoms with van der Waals surface area (Å²) >= 11 is 0. The second kappa shape index (κ2) is 6.04. The lowest BCUT2D eigenvalue weighted by Gasteiger charge is -2.28. The molecule has 2 heteroatoms. The Kier molecular flexibility index (Phi) is 4.62. The fourth-order valence-corrected chi connectivity index (χ4v) is 3.31. The topological polar surface area (TPSA) is 26.0 Å². The van der Waals surface area contributed by atoms with Crippen molar-refractivity contribution in [3.63, 3.8) is 0 Å². The van der Waals surface area contributed by atoms with Gasteiger partial charge in [0, 0.05) is 5.54 Å². The molecule has 2 atom stereocenters. The molecule has 0 bridgehead atoms. The molecule has 2 unspecified atom stereocenters. The van der Waals surface area contributed by atoms with Crippen LogP contribution in [0.25, 0.3) is 0 Å². The van der Waals surface area contributed by atoms with Crippen LogP contribution < -0.4 is 5.73 Å². The van der Waals surface area contributed by atoms with Crippen molar-refractivity contribution in [1.82, 2.24) is 0 Å². The number of hydrogen-bond donors (Lipinski definition) is 1. The summed E-state index contributed by atoms with van der Waals surface area (Å²) < 4.78 is 12.9. The Morgan fingerprint density at radius 1 is 1.21 bits per heavy atom. The summed E-state index contributed by atoms with van der Waals surface area (Å²) in [6.07, 6.45) is 6.81. The van der Waals surface area contributed by atoms with Crippen LogP contribution in [0.15, 0.2) is 24.3 Å². The Labute approximate surface area is 116 Å². The minimum atomic E-state index is -0.171. The minimum Gasteiger partial charge on any atom is -0.325 e. The van der Waals surface area contributed by atoms with Gasteiger partial charge in [0.25, 0.3) is 0 Å². The zero-order valence-electron chi connectivity index (χ0n) is 12.2. The maximum atomic E-state index is 12.9. The molecule has 1 aliphatic rings. The number of benzene rings is 1. The van der Waals surface area contributed by atoms with E-state index >= 15 is 0 Å². The van der Waals surface area contributed by atoms with Gasteiger partial charge >= 0.3 is 0 Å². The van der Waals surface area contributed by atoms with E-state index in [0.29, 0.717) is 0 Å². The number of hydrogen-bond acceptors (Lipinski definition) is 1. The molecule has 0 aromatic heterocycles. The predicted octanol–water partition coefficient (Wildman–Crippen LogP) is 4.30. The molecule has 106 valence electrons. The third-order valence-corrected chi connectivity index (χ3v) is 4.67. The van der Waals surface area contributed by atoms with Gasteiger partial charge < -0.3 is 5.73 Å². The van der Waals surface area contributed by atoms with Gasteiger partial charge in [-0.05, 0) is 55.2 Å². The molecule has 0 heterocycles. The summed E-state index contributed by atoms with van der Waals surface area (Å²) in [5.74, 6) is 1.40. The molecule has 1 aromatic rings. The first kappa shape index (κ1) is 14.5. The zero-order chi connectivity index (χ0) is 13.9. The summed E-state index contributed by atoms with van der Waals surface area (Å²) in [5, 5.41) is 0. The number of rotatable bonds is 3. The fourth-order valence-electron chi connectivity index (χ4n) is 3.31. The quantitative estimate of drug-likeness (QED) is 0.808. The van der Waals surface area contributed by atoms with Crippen molar-refractivity contribution >= 4 is 0 Å². The minimum absolute atomic E-state index is 0.0958. The van der Waals surface area contributed by atoms with Gasteiger partial charge in [0.2, 0.25) is 0 Å². The van der Waals surface area contributed by atoms with E-state index in [-0.39, 0.29) is 11.4 Å². The highest BCUT2D eigenvalue weighted by atomic mass is 19.1. The summed E-state index contributed by atoms with van der Waals surface area (Å²) in [6.45, 7) is 4.63. The van der Waals surface area contributed by atoms with Crippen LogP contribution in [0.3, 0.4) is 0 Å². The van der Waals surface area contributed by atoms with Crippen LogP contribution in [-0.4, -0.2) is 5.54 Å². The highest BCUT2D eigenvalue weighted by Crippen LogP contribution is 2.34. The largest absolute Gasteiger partial charge is 0.325 e. The molecule has 0 amide bonds. The Balaban J connectivity index is 2.00. The maximum Gasteiger partial charge on any atom is 0.123 e. The number of nitrogens with two attached hydrogens (primary N) is 1. The van der Waals surface area contributed by atoms with E-state index < -0.39 is 0 Å². The van der Waals surface area contributed by atoms with Crippen molar-refractivity contribution in [2.24, 2.45) is 17.6 Å². The molecule has 0 radical (unpaired) electrons. The summed E-state index contributed by atoms with van der Waals surface area (Å²) in [7, 11) is 0. The highest BCUT2D eigenvalue weighted by Gasteiger charge is 2.30. The predicted molar refractivity (Wildman–Crippen MR) is 78.4 cm³/mol. The monoisotopic (exact) mass is 263 g/mol. The van der Waals surface area contributed by atoms with E-state index in [1.807, 2.05) is 12.1 Å². The Morgan fingerprint density at radius 2 is 1.89 bits per heavy atom. The van der Waals surface area contributed by atoms with Gasteiger partial charge in [-0.25, -0.2) is 4.39 Å². The molecular weight excluding hydrogens is 237 g/mol. The first-order chi connectivity index (χ1) is 8.98. The van der Waals surface area contributed by atoms with Gasteiger partial charge in [0.1, 0.15) is 5.82 Å². The molecule has 0 spiro atoms. The second-order valence-electron chi connectivity index (χ2n) is 6.60. The van der Waals surface area contributed by atoms with Crippen LogP contribution in [-0.2, 0) is 6.42 Å². The first-order valence-electron chi connectivity index (χ1n) is 7.52. The summed E-state index contributed by atoms with van der Waals surface area (Å²) in [5.41, 5.74) is 7.66. The van der Waals surface area contributed by atoms with Gasteiger partial charge in [0.05, 0.1) is 0 Å². The average molecular weight is 263 g/mol. The van der Waals surface area contributed by atoms with Crippen molar-refractivity contribution < 1.29 is 4.39 Å². The molecule has 1 aromatic carbocycles. The average Bonchev–Trinajstić information content (AvgIpc) is 2.55. The van der Waals surface area contributed by atoms with Crippen molar-refractivity contribution in [2.75, 3.05) is 0 Å². The smallest absolute Gasteiger partial charge is 0.123 e. The van der Waals surface area contributed by atoms with E-state index in [4.69, 9.17) is 5.73 Å². The lowest BCUT2D eigenvalue weighted by molar-refractivity contribution is 0.321. The number of halogens is 1. The summed E-state index contributed by atoms with van der Waals surface area (Å²) in [4.78, 5) is 0. The van der Waals surface area contributed by atoms with Crippen LogP contribution in [0, 0.1) is 17.7 Å². The van der Waals surface area contributed by atoms with E-state index in [0.717, 1.165) is 36.7 Å². The van der Waals surface area contributed by atoms with Gasteiger partial charge in [0.15, 0.2) is 0 Å². The van der Waals surface area contributed by atoms with Crippen molar-refractivity contribution in [3.05, 3.63) is 35.6 Å². The van der Waals surface area contributed by atoms with Gasteiger partial charge in [-0.3, -0.25) is 0 Å². The molecule has 1 nitrogen and oxygen atoms in total. The van der Waals surface area contributed by atoms with E-state index in [1.54, 1.807) is 0 Å².